The van der Waals surface area contributed by atoms with E-state index < -0.39 is 101 Å². The molecule has 2 saturated carbocycles. The second kappa shape index (κ2) is 18.2. The smallest absolute Gasteiger partial charge is 0.458 e. The lowest BCUT2D eigenvalue weighted by Crippen LogP contribution is -2.75. The normalized spacial score (nSPS) is 29.8. The number of fused-ring (bicyclic) bond motifs is 5. The third-order valence-electron chi connectivity index (χ3n) is 13.2. The summed E-state index contributed by atoms with van der Waals surface area (Å²) in [4.78, 5) is 78.7. The van der Waals surface area contributed by atoms with Crippen molar-refractivity contribution in [3.63, 3.8) is 0 Å². The molecule has 4 aliphatic rings. The summed E-state index contributed by atoms with van der Waals surface area (Å²) in [5.74, 6) is -4.69. The molecular formula is C47H53NO14. The highest BCUT2D eigenvalue weighted by atomic mass is 16.6. The first-order valence-corrected chi connectivity index (χ1v) is 20.4. The van der Waals surface area contributed by atoms with Crippen molar-refractivity contribution in [3.05, 3.63) is 119 Å². The van der Waals surface area contributed by atoms with Gasteiger partial charge >= 0.3 is 24.1 Å². The zero-order valence-electron chi connectivity index (χ0n) is 35.4. The van der Waals surface area contributed by atoms with Gasteiger partial charge in [0.15, 0.2) is 11.9 Å². The van der Waals surface area contributed by atoms with E-state index in [0.29, 0.717) is 16.7 Å². The number of hydrogen-bond donors (Lipinski definition) is 4. The zero-order valence-corrected chi connectivity index (χ0v) is 35.4. The number of ketones is 1. The Balaban J connectivity index is 0.00000121. The second-order valence-corrected chi connectivity index (χ2v) is 16.9. The fraction of sp³-hybridized carbons (Fsp3) is 0.447. The standard InChI is InChI=1S/C45H49NO11.C2H4O3/c1-25-33(56-35(49)21-31(27-15-9-6-10-16-27)46-41(51)28-17-11-7-12-18-28)23-45(53)40(57-42(52)29-19-13-8-14-20-29)37-30-24-54-32(30)22-34(48)44(37,5)39(50)38(55-26(2)47)36(25)43(45,3)4;1-5-2(3)4/h6-20,30-34,37-38,40,48,53H,21-24H2,1-5H3,(H,46,51);1H3,(H,3,4)/t30?,31-,32-,33+,34+,37?,38-,40+,44-,45-;/m1./s1. The van der Waals surface area contributed by atoms with Crippen LogP contribution in [-0.2, 0) is 38.1 Å². The van der Waals surface area contributed by atoms with Crippen molar-refractivity contribution in [1.29, 1.82) is 0 Å². The molecule has 330 valence electrons. The maximum Gasteiger partial charge on any atom is 0.505 e. The molecule has 3 aliphatic carbocycles. The van der Waals surface area contributed by atoms with Gasteiger partial charge in [0.25, 0.3) is 5.91 Å². The Bertz CT molecular complexity index is 2190. The van der Waals surface area contributed by atoms with Crippen LogP contribution >= 0.6 is 0 Å². The molecule has 7 rings (SSSR count). The molecule has 15 nitrogen and oxygen atoms in total. The third-order valence-corrected chi connectivity index (χ3v) is 13.2. The average molecular weight is 856 g/mol. The second-order valence-electron chi connectivity index (χ2n) is 16.9. The maximum atomic E-state index is 15.2. The first-order valence-electron chi connectivity index (χ1n) is 20.4. The lowest BCUT2D eigenvalue weighted by Gasteiger charge is -2.64. The highest BCUT2D eigenvalue weighted by molar-refractivity contribution is 5.96. The van der Waals surface area contributed by atoms with Crippen molar-refractivity contribution >= 4 is 35.8 Å². The topological polar surface area (TPSA) is 221 Å². The van der Waals surface area contributed by atoms with Crippen molar-refractivity contribution in [2.45, 2.75) is 96.0 Å². The van der Waals surface area contributed by atoms with Gasteiger partial charge in [0, 0.05) is 42.6 Å². The van der Waals surface area contributed by atoms with Crippen LogP contribution in [0.25, 0.3) is 0 Å². The molecule has 0 radical (unpaired) electrons. The van der Waals surface area contributed by atoms with Gasteiger partial charge in [-0.3, -0.25) is 19.2 Å². The van der Waals surface area contributed by atoms with Gasteiger partial charge in [-0.2, -0.15) is 0 Å². The molecule has 1 aliphatic heterocycles. The molecule has 15 heteroatoms. The van der Waals surface area contributed by atoms with Crippen LogP contribution in [0.4, 0.5) is 4.79 Å². The predicted molar refractivity (Wildman–Crippen MR) is 220 cm³/mol. The number of benzene rings is 3. The quantitative estimate of drug-likeness (QED) is 0.121. The van der Waals surface area contributed by atoms with E-state index >= 15 is 4.79 Å². The Morgan fingerprint density at radius 3 is 1.97 bits per heavy atom. The summed E-state index contributed by atoms with van der Waals surface area (Å²) in [7, 11) is 1.10. The van der Waals surface area contributed by atoms with Gasteiger partial charge in [-0.05, 0) is 54.8 Å². The summed E-state index contributed by atoms with van der Waals surface area (Å²) in [6, 6.07) is 25.0. The molecule has 4 N–H and O–H groups in total. The van der Waals surface area contributed by atoms with E-state index in [2.05, 4.69) is 10.1 Å². The molecule has 3 aromatic carbocycles. The number of amides is 1. The number of esters is 3. The van der Waals surface area contributed by atoms with Crippen molar-refractivity contribution in [1.82, 2.24) is 5.32 Å². The molecule has 62 heavy (non-hydrogen) atoms. The lowest BCUT2D eigenvalue weighted by atomic mass is 9.46. The number of hydrogen-bond acceptors (Lipinski definition) is 13. The van der Waals surface area contributed by atoms with Crippen LogP contribution in [0.15, 0.2) is 102 Å². The maximum absolute atomic E-state index is 15.2. The van der Waals surface area contributed by atoms with Crippen molar-refractivity contribution in [3.8, 4) is 0 Å². The van der Waals surface area contributed by atoms with Gasteiger partial charge in [-0.1, -0.05) is 80.6 Å². The summed E-state index contributed by atoms with van der Waals surface area (Å²) < 4.78 is 28.0. The SMILES string of the molecule is CC(=O)O[C@H]1C(=O)[C@@]2(C)C(C3CO[C@@H]3C[C@@H]2O)[C@H](OC(=O)c2ccccc2)[C@]2(O)C[C@H](OC(=O)C[C@@H](NC(=O)c3ccccc3)c3ccccc3)C(C)=C1C2(C)C.COC(=O)O. The highest BCUT2D eigenvalue weighted by Crippen LogP contribution is 2.62. The lowest BCUT2D eigenvalue weighted by molar-refractivity contribution is -0.277. The third kappa shape index (κ3) is 8.61. The minimum absolute atomic E-state index is 0.110. The molecule has 1 heterocycles. The van der Waals surface area contributed by atoms with Crippen molar-refractivity contribution < 1.29 is 67.8 Å². The molecule has 0 aromatic heterocycles. The van der Waals surface area contributed by atoms with Gasteiger partial charge in [0.05, 0.1) is 49.4 Å². The Labute approximate surface area is 359 Å². The Kier molecular flexibility index (Phi) is 13.4. The molecule has 3 aromatic rings. The van der Waals surface area contributed by atoms with Crippen LogP contribution < -0.4 is 5.32 Å². The largest absolute Gasteiger partial charge is 0.505 e. The number of Topliss-reactive ketones (excluding diaryl/α,β-unsaturated/α-hetero) is 1. The van der Waals surface area contributed by atoms with Gasteiger partial charge in [0.1, 0.15) is 17.8 Å². The van der Waals surface area contributed by atoms with Gasteiger partial charge < -0.3 is 44.3 Å². The summed E-state index contributed by atoms with van der Waals surface area (Å²) in [5.41, 5.74) is -3.36. The van der Waals surface area contributed by atoms with Crippen LogP contribution in [0.2, 0.25) is 0 Å². The molecule has 0 spiro atoms. The minimum Gasteiger partial charge on any atom is -0.458 e. The highest BCUT2D eigenvalue weighted by Gasteiger charge is 2.72. The monoisotopic (exact) mass is 855 g/mol. The van der Waals surface area contributed by atoms with Gasteiger partial charge in [-0.15, -0.1) is 0 Å². The Morgan fingerprint density at radius 1 is 0.871 bits per heavy atom. The number of aliphatic hydroxyl groups is 2. The number of carboxylic acid groups (broad SMARTS) is 1. The number of aliphatic hydroxyl groups excluding tert-OH is 1. The van der Waals surface area contributed by atoms with E-state index in [1.807, 2.05) is 6.07 Å². The van der Waals surface area contributed by atoms with E-state index in [9.17, 15) is 29.4 Å². The van der Waals surface area contributed by atoms with Crippen LogP contribution in [0, 0.1) is 22.7 Å². The molecule has 10 atom stereocenters. The number of rotatable bonds is 9. The van der Waals surface area contributed by atoms with Crippen LogP contribution in [0.1, 0.15) is 86.2 Å². The first-order chi connectivity index (χ1) is 29.3. The molecule has 2 bridgehead atoms. The molecule has 1 saturated heterocycles. The Hall–Kier alpha value is -5.90. The van der Waals surface area contributed by atoms with Crippen LogP contribution in [-0.4, -0.2) is 101 Å². The molecule has 3 fully saturated rings. The number of ether oxygens (including phenoxy) is 5. The zero-order chi connectivity index (χ0) is 45.1. The van der Waals surface area contributed by atoms with E-state index in [4.69, 9.17) is 28.8 Å². The number of nitrogens with one attached hydrogen (secondary N) is 1. The van der Waals surface area contributed by atoms with E-state index in [0.717, 1.165) is 7.11 Å². The average Bonchev–Trinajstić information content (AvgIpc) is 3.24. The first kappa shape index (κ1) is 45.6. The van der Waals surface area contributed by atoms with Crippen LogP contribution in [0.3, 0.4) is 0 Å². The summed E-state index contributed by atoms with van der Waals surface area (Å²) in [6.07, 6.45) is -7.72. The van der Waals surface area contributed by atoms with Crippen LogP contribution in [0.5, 0.6) is 0 Å². The summed E-state index contributed by atoms with van der Waals surface area (Å²) >= 11 is 0. The number of methoxy groups -OCH3 is 1. The van der Waals surface area contributed by atoms with E-state index in [-0.39, 0.29) is 37.0 Å². The molecule has 2 unspecified atom stereocenters. The van der Waals surface area contributed by atoms with E-state index in [1.165, 1.54) is 6.92 Å². The fourth-order valence-electron chi connectivity index (χ4n) is 9.71. The Morgan fingerprint density at radius 2 is 1.44 bits per heavy atom. The summed E-state index contributed by atoms with van der Waals surface area (Å²) in [5, 5.41) is 35.8. The summed E-state index contributed by atoms with van der Waals surface area (Å²) in [6.45, 7) is 7.97. The van der Waals surface area contributed by atoms with Gasteiger partial charge in [0.2, 0.25) is 0 Å². The van der Waals surface area contributed by atoms with E-state index in [1.54, 1.807) is 113 Å². The molecule has 1 amide bonds. The number of carbonyl (C=O) groups is 6. The fourth-order valence-corrected chi connectivity index (χ4v) is 9.71. The predicted octanol–water partition coefficient (Wildman–Crippen LogP) is 5.39. The minimum atomic E-state index is -2.07. The van der Waals surface area contributed by atoms with Gasteiger partial charge in [-0.25, -0.2) is 9.59 Å². The van der Waals surface area contributed by atoms with Crippen molar-refractivity contribution in [2.24, 2.45) is 22.7 Å². The number of carbonyl (C=O) groups excluding carboxylic acids is 5. The van der Waals surface area contributed by atoms with Crippen molar-refractivity contribution in [2.75, 3.05) is 13.7 Å². The molecular weight excluding hydrogens is 803 g/mol.